The number of hydrogen-bond acceptors (Lipinski definition) is 5. The van der Waals surface area contributed by atoms with Gasteiger partial charge in [-0.05, 0) is 73.4 Å². The molecule has 204 valence electrons. The van der Waals surface area contributed by atoms with E-state index in [-0.39, 0.29) is 42.0 Å². The molecule has 2 aromatic rings. The molecule has 4 atom stereocenters. The Morgan fingerprint density at radius 2 is 1.82 bits per heavy atom. The average molecular weight is 520 g/mol. The number of amides is 2. The van der Waals surface area contributed by atoms with E-state index in [1.54, 1.807) is 18.1 Å². The molecule has 0 radical (unpaired) electrons. The predicted octanol–water partition coefficient (Wildman–Crippen LogP) is 3.65. The van der Waals surface area contributed by atoms with Gasteiger partial charge in [0.2, 0.25) is 0 Å². The van der Waals surface area contributed by atoms with Crippen LogP contribution in [0.2, 0.25) is 0 Å². The molecule has 2 amide bonds. The molecule has 0 aliphatic carbocycles. The summed E-state index contributed by atoms with van der Waals surface area (Å²) in [7, 11) is 1.76. The Kier molecular flexibility index (Phi) is 7.63. The molecular weight excluding hydrogens is 478 g/mol. The number of β-amino-alcohol motifs (C(OH)–C–C–N with tert-alkyl or cyclic N) is 1. The van der Waals surface area contributed by atoms with E-state index in [2.05, 4.69) is 18.7 Å². The number of aryl methyl sites for hydroxylation is 1. The first-order chi connectivity index (χ1) is 18.2. The Labute approximate surface area is 225 Å². The van der Waals surface area contributed by atoms with E-state index < -0.39 is 6.10 Å². The van der Waals surface area contributed by atoms with Gasteiger partial charge in [0.25, 0.3) is 11.8 Å². The van der Waals surface area contributed by atoms with Crippen molar-refractivity contribution in [3.8, 4) is 0 Å². The number of nitrogens with two attached hydrogens (primary N) is 1. The number of benzene rings is 2. The van der Waals surface area contributed by atoms with Crippen LogP contribution in [0.1, 0.15) is 83.4 Å². The minimum absolute atomic E-state index is 0.0636. The molecule has 2 saturated heterocycles. The summed E-state index contributed by atoms with van der Waals surface area (Å²) in [6.07, 6.45) is 4.71. The van der Waals surface area contributed by atoms with Crippen molar-refractivity contribution < 1.29 is 19.4 Å². The Morgan fingerprint density at radius 3 is 2.47 bits per heavy atom. The number of ether oxygens (including phenoxy) is 1. The van der Waals surface area contributed by atoms with Crippen LogP contribution in [-0.2, 0) is 23.1 Å². The van der Waals surface area contributed by atoms with Crippen LogP contribution in [0.5, 0.6) is 0 Å². The van der Waals surface area contributed by atoms with Gasteiger partial charge in [0.05, 0.1) is 12.2 Å². The van der Waals surface area contributed by atoms with Crippen molar-refractivity contribution in [2.45, 2.75) is 88.6 Å². The van der Waals surface area contributed by atoms with E-state index in [0.29, 0.717) is 37.1 Å². The van der Waals surface area contributed by atoms with Crippen molar-refractivity contribution in [2.24, 2.45) is 5.73 Å². The molecule has 7 heteroatoms. The van der Waals surface area contributed by atoms with E-state index in [9.17, 15) is 14.7 Å². The quantitative estimate of drug-likeness (QED) is 0.555. The van der Waals surface area contributed by atoms with Crippen LogP contribution in [0.3, 0.4) is 0 Å². The summed E-state index contributed by atoms with van der Waals surface area (Å²) in [4.78, 5) is 30.9. The van der Waals surface area contributed by atoms with Crippen LogP contribution in [0.15, 0.2) is 42.5 Å². The molecule has 2 bridgehead atoms. The van der Waals surface area contributed by atoms with Crippen molar-refractivity contribution >= 4 is 11.8 Å². The average Bonchev–Trinajstić information content (AvgIpc) is 3.18. The zero-order chi connectivity index (χ0) is 27.0. The number of piperidine rings is 1. The fourth-order valence-corrected chi connectivity index (χ4v) is 6.84. The van der Waals surface area contributed by atoms with Crippen molar-refractivity contribution in [2.75, 3.05) is 20.2 Å². The number of carbonyl (C=O) groups is 2. The second-order valence-corrected chi connectivity index (χ2v) is 11.9. The summed E-state index contributed by atoms with van der Waals surface area (Å²) in [6, 6.07) is 14.0. The van der Waals surface area contributed by atoms with Crippen molar-refractivity contribution in [3.05, 3.63) is 70.3 Å². The Balaban J connectivity index is 1.28. The predicted molar refractivity (Wildman–Crippen MR) is 147 cm³/mol. The molecule has 0 spiro atoms. The Hall–Kier alpha value is -2.74. The molecule has 2 aromatic carbocycles. The van der Waals surface area contributed by atoms with E-state index in [0.717, 1.165) is 42.4 Å². The molecule has 5 rings (SSSR count). The third-order valence-electron chi connectivity index (χ3n) is 8.87. The monoisotopic (exact) mass is 519 g/mol. The highest BCUT2D eigenvalue weighted by Gasteiger charge is 2.44. The molecule has 3 heterocycles. The molecule has 0 saturated carbocycles. The maximum atomic E-state index is 13.6. The van der Waals surface area contributed by atoms with Crippen molar-refractivity contribution in [3.63, 3.8) is 0 Å². The van der Waals surface area contributed by atoms with Crippen molar-refractivity contribution in [1.29, 1.82) is 0 Å². The molecule has 3 aliphatic rings. The fourth-order valence-electron chi connectivity index (χ4n) is 6.84. The molecule has 3 N–H and O–H groups in total. The highest BCUT2D eigenvalue weighted by atomic mass is 16.5. The maximum Gasteiger partial charge on any atom is 0.254 e. The molecule has 3 aliphatic heterocycles. The van der Waals surface area contributed by atoms with Gasteiger partial charge in [-0.1, -0.05) is 38.1 Å². The number of methoxy groups -OCH3 is 1. The third kappa shape index (κ3) is 5.12. The van der Waals surface area contributed by atoms with E-state index >= 15 is 0 Å². The highest BCUT2D eigenvalue weighted by molar-refractivity contribution is 6.00. The standard InChI is InChI=1S/C31H41N3O4/c1-31(2)19-33(18-25(35)12-8-20-6-4-5-7-22(20)17-32)30(37)27-13-9-21(14-28(27)31)29(36)34-23-10-11-24(34)16-26(15-23)38-3/h4-7,9,13-14,23-26,35H,8,10-12,15-19,32H2,1-3H3/t23-,24?,25?,26?/m1/s1. The molecule has 38 heavy (non-hydrogen) atoms. The van der Waals surface area contributed by atoms with E-state index in [1.807, 2.05) is 36.4 Å². The lowest BCUT2D eigenvalue weighted by Crippen LogP contribution is -2.50. The van der Waals surface area contributed by atoms with Crippen LogP contribution < -0.4 is 5.73 Å². The second kappa shape index (κ2) is 10.8. The normalized spacial score (nSPS) is 24.9. The number of hydrogen-bond donors (Lipinski definition) is 2. The van der Waals surface area contributed by atoms with Gasteiger partial charge in [-0.15, -0.1) is 0 Å². The molecular formula is C31H41N3O4. The zero-order valence-electron chi connectivity index (χ0n) is 22.9. The Bertz CT molecular complexity index is 1180. The summed E-state index contributed by atoms with van der Waals surface area (Å²) in [6.45, 7) is 5.47. The first-order valence-electron chi connectivity index (χ1n) is 14.0. The minimum atomic E-state index is -0.631. The summed E-state index contributed by atoms with van der Waals surface area (Å²) in [5, 5.41) is 10.8. The van der Waals surface area contributed by atoms with Gasteiger partial charge in [0, 0.05) is 55.4 Å². The van der Waals surface area contributed by atoms with Gasteiger partial charge in [0.15, 0.2) is 0 Å². The number of nitrogens with zero attached hydrogens (tertiary/aromatic N) is 2. The van der Waals surface area contributed by atoms with Crippen molar-refractivity contribution in [1.82, 2.24) is 9.80 Å². The molecule has 2 fully saturated rings. The number of carbonyl (C=O) groups excluding carboxylic acids is 2. The molecule has 3 unspecified atom stereocenters. The van der Waals surface area contributed by atoms with Gasteiger partial charge in [-0.25, -0.2) is 0 Å². The maximum absolute atomic E-state index is 13.6. The first kappa shape index (κ1) is 26.9. The summed E-state index contributed by atoms with van der Waals surface area (Å²) >= 11 is 0. The molecule has 0 aromatic heterocycles. The van der Waals surface area contributed by atoms with E-state index in [1.165, 1.54) is 0 Å². The fraction of sp³-hybridized carbons (Fsp3) is 0.548. The minimum Gasteiger partial charge on any atom is -0.391 e. The van der Waals surface area contributed by atoms with Gasteiger partial charge in [0.1, 0.15) is 0 Å². The Morgan fingerprint density at radius 1 is 1.13 bits per heavy atom. The van der Waals surface area contributed by atoms with Crippen LogP contribution in [0, 0.1) is 0 Å². The lowest BCUT2D eigenvalue weighted by molar-refractivity contribution is 0.00819. The smallest absolute Gasteiger partial charge is 0.254 e. The lowest BCUT2D eigenvalue weighted by atomic mass is 9.77. The number of rotatable bonds is 8. The number of fused-ring (bicyclic) bond motifs is 3. The highest BCUT2D eigenvalue weighted by Crippen LogP contribution is 2.39. The van der Waals surface area contributed by atoms with Crippen LogP contribution in [0.4, 0.5) is 0 Å². The number of aliphatic hydroxyl groups excluding tert-OH is 1. The first-order valence-corrected chi connectivity index (χ1v) is 14.0. The molecule has 7 nitrogen and oxygen atoms in total. The second-order valence-electron chi connectivity index (χ2n) is 11.9. The SMILES string of the molecule is COC1CC2CC[C@H](C1)N2C(=O)c1ccc2c(c1)C(C)(C)CN(CC(O)CCc1ccccc1CN)C2=O. The van der Waals surface area contributed by atoms with Gasteiger partial charge in [-0.2, -0.15) is 0 Å². The topological polar surface area (TPSA) is 96.1 Å². The summed E-state index contributed by atoms with van der Waals surface area (Å²) in [5.74, 6) is -0.0191. The van der Waals surface area contributed by atoms with Crippen LogP contribution in [-0.4, -0.2) is 71.2 Å². The van der Waals surface area contributed by atoms with E-state index in [4.69, 9.17) is 10.5 Å². The van der Waals surface area contributed by atoms with Gasteiger partial charge < -0.3 is 25.4 Å². The van der Waals surface area contributed by atoms with Gasteiger partial charge >= 0.3 is 0 Å². The van der Waals surface area contributed by atoms with Crippen LogP contribution in [0.25, 0.3) is 0 Å². The largest absolute Gasteiger partial charge is 0.391 e. The number of aliphatic hydroxyl groups is 1. The third-order valence-corrected chi connectivity index (χ3v) is 8.87. The lowest BCUT2D eigenvalue weighted by Gasteiger charge is -2.41. The van der Waals surface area contributed by atoms with Crippen LogP contribution >= 0.6 is 0 Å². The van der Waals surface area contributed by atoms with Gasteiger partial charge in [-0.3, -0.25) is 9.59 Å². The summed E-state index contributed by atoms with van der Waals surface area (Å²) in [5.41, 5.74) is 9.94. The summed E-state index contributed by atoms with van der Waals surface area (Å²) < 4.78 is 5.60. The zero-order valence-corrected chi connectivity index (χ0v) is 22.9.